The van der Waals surface area contributed by atoms with E-state index in [4.69, 9.17) is 4.74 Å². The molecule has 0 saturated carbocycles. The molecular formula is C23H19F3N2O3. The standard InChI is InChI=1S/C23H19F3N2O3/c1-2-31-20-13-6-4-11-18(20)22(30)28-19-12-5-3-10-17(19)21(29)27-16-9-7-8-15(14-16)23(24,25)26/h3-14H,2H2,1H3,(H,27,29)(H,28,30). The lowest BCUT2D eigenvalue weighted by atomic mass is 10.1. The highest BCUT2D eigenvalue weighted by molar-refractivity contribution is 6.13. The Hall–Kier alpha value is -3.81. The molecule has 0 aromatic heterocycles. The summed E-state index contributed by atoms with van der Waals surface area (Å²) < 4.78 is 44.2. The highest BCUT2D eigenvalue weighted by Gasteiger charge is 2.30. The molecular weight excluding hydrogens is 409 g/mol. The number of ether oxygens (including phenoxy) is 1. The maximum absolute atomic E-state index is 12.9. The van der Waals surface area contributed by atoms with E-state index < -0.39 is 23.6 Å². The van der Waals surface area contributed by atoms with Crippen molar-refractivity contribution < 1.29 is 27.5 Å². The molecule has 0 atom stereocenters. The van der Waals surface area contributed by atoms with E-state index in [1.54, 1.807) is 43.3 Å². The number of hydrogen-bond acceptors (Lipinski definition) is 3. The second kappa shape index (κ2) is 9.34. The summed E-state index contributed by atoms with van der Waals surface area (Å²) in [5, 5.41) is 5.11. The Morgan fingerprint density at radius 3 is 2.19 bits per heavy atom. The van der Waals surface area contributed by atoms with Crippen molar-refractivity contribution >= 4 is 23.2 Å². The molecule has 0 heterocycles. The molecule has 0 aliphatic heterocycles. The molecule has 0 radical (unpaired) electrons. The fourth-order valence-electron chi connectivity index (χ4n) is 2.89. The van der Waals surface area contributed by atoms with Crippen molar-refractivity contribution in [3.05, 3.63) is 89.5 Å². The van der Waals surface area contributed by atoms with Crippen LogP contribution in [0.4, 0.5) is 24.5 Å². The topological polar surface area (TPSA) is 67.4 Å². The predicted molar refractivity (Wildman–Crippen MR) is 111 cm³/mol. The van der Waals surface area contributed by atoms with Crippen LogP contribution in [0, 0.1) is 0 Å². The average Bonchev–Trinajstić information content (AvgIpc) is 2.74. The number of rotatable bonds is 6. The molecule has 2 amide bonds. The Kier molecular flexibility index (Phi) is 6.59. The summed E-state index contributed by atoms with van der Waals surface area (Å²) >= 11 is 0. The first kappa shape index (κ1) is 21.9. The normalized spacial score (nSPS) is 11.0. The van der Waals surface area contributed by atoms with E-state index in [1.807, 2.05) is 0 Å². The average molecular weight is 428 g/mol. The first-order valence-corrected chi connectivity index (χ1v) is 9.40. The molecule has 3 aromatic rings. The fraction of sp³-hybridized carbons (Fsp3) is 0.130. The largest absolute Gasteiger partial charge is 0.493 e. The van der Waals surface area contributed by atoms with Crippen LogP contribution in [0.15, 0.2) is 72.8 Å². The van der Waals surface area contributed by atoms with Gasteiger partial charge in [0.15, 0.2) is 0 Å². The van der Waals surface area contributed by atoms with Gasteiger partial charge in [-0.15, -0.1) is 0 Å². The molecule has 0 unspecified atom stereocenters. The number of benzene rings is 3. The lowest BCUT2D eigenvalue weighted by molar-refractivity contribution is -0.137. The summed E-state index contributed by atoms with van der Waals surface area (Å²) in [6.07, 6.45) is -4.53. The van der Waals surface area contributed by atoms with Gasteiger partial charge in [-0.1, -0.05) is 30.3 Å². The lowest BCUT2D eigenvalue weighted by Crippen LogP contribution is -2.19. The van der Waals surface area contributed by atoms with Gasteiger partial charge in [0.2, 0.25) is 0 Å². The molecule has 8 heteroatoms. The summed E-state index contributed by atoms with van der Waals surface area (Å²) in [7, 11) is 0. The number of anilines is 2. The van der Waals surface area contributed by atoms with E-state index in [2.05, 4.69) is 10.6 Å². The Morgan fingerprint density at radius 1 is 0.839 bits per heavy atom. The van der Waals surface area contributed by atoms with Gasteiger partial charge in [-0.3, -0.25) is 9.59 Å². The van der Waals surface area contributed by atoms with E-state index in [0.717, 1.165) is 12.1 Å². The summed E-state index contributed by atoms with van der Waals surface area (Å²) in [6, 6.07) is 17.2. The van der Waals surface area contributed by atoms with Gasteiger partial charge in [0, 0.05) is 5.69 Å². The zero-order chi connectivity index (χ0) is 22.4. The molecule has 3 aromatic carbocycles. The monoisotopic (exact) mass is 428 g/mol. The van der Waals surface area contributed by atoms with Crippen LogP contribution < -0.4 is 15.4 Å². The highest BCUT2D eigenvalue weighted by Crippen LogP contribution is 2.31. The molecule has 0 aliphatic carbocycles. The third-order valence-corrected chi connectivity index (χ3v) is 4.30. The van der Waals surface area contributed by atoms with Crippen LogP contribution >= 0.6 is 0 Å². The first-order valence-electron chi connectivity index (χ1n) is 9.40. The Balaban J connectivity index is 1.82. The molecule has 2 N–H and O–H groups in total. The van der Waals surface area contributed by atoms with Crippen molar-refractivity contribution in [2.45, 2.75) is 13.1 Å². The molecule has 0 bridgehead atoms. The molecule has 0 fully saturated rings. The molecule has 0 saturated heterocycles. The number of para-hydroxylation sites is 2. The molecule has 5 nitrogen and oxygen atoms in total. The Morgan fingerprint density at radius 2 is 1.48 bits per heavy atom. The minimum atomic E-state index is -4.53. The van der Waals surface area contributed by atoms with Crippen LogP contribution in [0.5, 0.6) is 5.75 Å². The van der Waals surface area contributed by atoms with Crippen molar-refractivity contribution in [2.24, 2.45) is 0 Å². The SMILES string of the molecule is CCOc1ccccc1C(=O)Nc1ccccc1C(=O)Nc1cccc(C(F)(F)F)c1. The number of amides is 2. The first-order chi connectivity index (χ1) is 14.8. The van der Waals surface area contributed by atoms with Crippen LogP contribution in [0.1, 0.15) is 33.2 Å². The summed E-state index contributed by atoms with van der Waals surface area (Å²) in [6.45, 7) is 2.17. The number of carbonyl (C=O) groups excluding carboxylic acids is 2. The second-order valence-corrected chi connectivity index (χ2v) is 6.46. The van der Waals surface area contributed by atoms with E-state index in [-0.39, 0.29) is 22.5 Å². The van der Waals surface area contributed by atoms with Gasteiger partial charge in [0.1, 0.15) is 5.75 Å². The van der Waals surface area contributed by atoms with Crippen LogP contribution in [-0.4, -0.2) is 18.4 Å². The Labute approximate surface area is 176 Å². The van der Waals surface area contributed by atoms with Crippen LogP contribution in [0.2, 0.25) is 0 Å². The second-order valence-electron chi connectivity index (χ2n) is 6.46. The minimum Gasteiger partial charge on any atom is -0.493 e. The van der Waals surface area contributed by atoms with Crippen LogP contribution in [0.3, 0.4) is 0 Å². The Bertz CT molecular complexity index is 1100. The quantitative estimate of drug-likeness (QED) is 0.536. The molecule has 31 heavy (non-hydrogen) atoms. The number of nitrogens with one attached hydrogen (secondary N) is 2. The number of halogens is 3. The maximum atomic E-state index is 12.9. The van der Waals surface area contributed by atoms with E-state index in [0.29, 0.717) is 12.4 Å². The third kappa shape index (κ3) is 5.42. The van der Waals surface area contributed by atoms with Crippen molar-refractivity contribution in [2.75, 3.05) is 17.2 Å². The zero-order valence-electron chi connectivity index (χ0n) is 16.5. The smallest absolute Gasteiger partial charge is 0.416 e. The van der Waals surface area contributed by atoms with Crippen LogP contribution in [-0.2, 0) is 6.18 Å². The zero-order valence-corrected chi connectivity index (χ0v) is 16.5. The number of carbonyl (C=O) groups is 2. The van der Waals surface area contributed by atoms with Crippen molar-refractivity contribution in [3.63, 3.8) is 0 Å². The van der Waals surface area contributed by atoms with E-state index in [1.165, 1.54) is 24.3 Å². The van der Waals surface area contributed by atoms with Gasteiger partial charge in [0.25, 0.3) is 11.8 Å². The molecule has 160 valence electrons. The van der Waals surface area contributed by atoms with Gasteiger partial charge in [-0.05, 0) is 49.4 Å². The molecule has 0 aliphatic rings. The highest BCUT2D eigenvalue weighted by atomic mass is 19.4. The number of hydrogen-bond donors (Lipinski definition) is 2. The molecule has 0 spiro atoms. The number of alkyl halides is 3. The van der Waals surface area contributed by atoms with Crippen molar-refractivity contribution in [3.8, 4) is 5.75 Å². The predicted octanol–water partition coefficient (Wildman–Crippen LogP) is 5.61. The van der Waals surface area contributed by atoms with Gasteiger partial charge >= 0.3 is 6.18 Å². The van der Waals surface area contributed by atoms with Gasteiger partial charge < -0.3 is 15.4 Å². The van der Waals surface area contributed by atoms with Gasteiger partial charge in [-0.25, -0.2) is 0 Å². The van der Waals surface area contributed by atoms with E-state index >= 15 is 0 Å². The summed E-state index contributed by atoms with van der Waals surface area (Å²) in [5.74, 6) is -0.745. The fourth-order valence-corrected chi connectivity index (χ4v) is 2.89. The van der Waals surface area contributed by atoms with Crippen LogP contribution in [0.25, 0.3) is 0 Å². The van der Waals surface area contributed by atoms with Gasteiger partial charge in [-0.2, -0.15) is 13.2 Å². The summed E-state index contributed by atoms with van der Waals surface area (Å²) in [5.41, 5.74) is -0.287. The van der Waals surface area contributed by atoms with Gasteiger partial charge in [0.05, 0.1) is 29.0 Å². The molecule has 3 rings (SSSR count). The lowest BCUT2D eigenvalue weighted by Gasteiger charge is -2.14. The maximum Gasteiger partial charge on any atom is 0.416 e. The third-order valence-electron chi connectivity index (χ3n) is 4.30. The summed E-state index contributed by atoms with van der Waals surface area (Å²) in [4.78, 5) is 25.5. The van der Waals surface area contributed by atoms with Crippen molar-refractivity contribution in [1.29, 1.82) is 0 Å². The van der Waals surface area contributed by atoms with E-state index in [9.17, 15) is 22.8 Å². The van der Waals surface area contributed by atoms with Crippen molar-refractivity contribution in [1.82, 2.24) is 0 Å². The minimum absolute atomic E-state index is 0.0114.